The van der Waals surface area contributed by atoms with Gasteiger partial charge in [-0.05, 0) is 80.5 Å². The van der Waals surface area contributed by atoms with E-state index in [4.69, 9.17) is 10.00 Å². The van der Waals surface area contributed by atoms with Crippen molar-refractivity contribution in [3.05, 3.63) is 35.4 Å². The van der Waals surface area contributed by atoms with E-state index >= 15 is 0 Å². The molecule has 0 heterocycles. The number of nitrogens with zero attached hydrogens (tertiary/aromatic N) is 1. The van der Waals surface area contributed by atoms with Crippen molar-refractivity contribution in [1.29, 1.82) is 5.26 Å². The zero-order valence-electron chi connectivity index (χ0n) is 14.5. The van der Waals surface area contributed by atoms with Crippen LogP contribution >= 0.6 is 0 Å². The van der Waals surface area contributed by atoms with E-state index in [-0.39, 0.29) is 12.1 Å². The number of carbonyl (C=O) groups excluding carboxylic acids is 1. The van der Waals surface area contributed by atoms with Gasteiger partial charge in [0, 0.05) is 0 Å². The lowest BCUT2D eigenvalue weighted by Crippen LogP contribution is -2.29. The third-order valence-electron chi connectivity index (χ3n) is 5.97. The van der Waals surface area contributed by atoms with Crippen LogP contribution < -0.4 is 0 Å². The summed E-state index contributed by atoms with van der Waals surface area (Å²) < 4.78 is 5.68. The Bertz CT molecular complexity index is 585. The second-order valence-corrected chi connectivity index (χ2v) is 7.65. The number of hydrogen-bond acceptors (Lipinski definition) is 3. The van der Waals surface area contributed by atoms with Crippen molar-refractivity contribution in [1.82, 2.24) is 0 Å². The standard InChI is InChI=1S/C21H27NO2/c1-15-2-6-17(7-3-15)18-10-12-20(13-11-18)24-21(23)19-8-4-16(14-22)5-9-19/h4-5,8-9,15,17-18,20H,2-3,6-7,10-13H2,1H3. The van der Waals surface area contributed by atoms with Gasteiger partial charge in [-0.1, -0.05) is 19.8 Å². The van der Waals surface area contributed by atoms with Crippen molar-refractivity contribution in [3.8, 4) is 6.07 Å². The Labute approximate surface area is 145 Å². The molecule has 0 amide bonds. The van der Waals surface area contributed by atoms with Gasteiger partial charge in [0.05, 0.1) is 17.2 Å². The van der Waals surface area contributed by atoms with Crippen LogP contribution in [0.25, 0.3) is 0 Å². The van der Waals surface area contributed by atoms with E-state index in [1.165, 1.54) is 38.5 Å². The molecule has 0 bridgehead atoms. The summed E-state index contributed by atoms with van der Waals surface area (Å²) in [5, 5.41) is 8.81. The van der Waals surface area contributed by atoms with Crippen LogP contribution in [0, 0.1) is 29.1 Å². The molecule has 0 aromatic heterocycles. The molecule has 2 fully saturated rings. The number of rotatable bonds is 3. The monoisotopic (exact) mass is 325 g/mol. The molecule has 0 saturated heterocycles. The SMILES string of the molecule is CC1CCC(C2CCC(OC(=O)c3ccc(C#N)cc3)CC2)CC1. The highest BCUT2D eigenvalue weighted by Crippen LogP contribution is 2.40. The Morgan fingerprint density at radius 2 is 1.50 bits per heavy atom. The first kappa shape index (κ1) is 17.0. The van der Waals surface area contributed by atoms with Crippen LogP contribution in [0.3, 0.4) is 0 Å². The van der Waals surface area contributed by atoms with Crippen molar-refractivity contribution >= 4 is 5.97 Å². The quantitative estimate of drug-likeness (QED) is 0.726. The summed E-state index contributed by atoms with van der Waals surface area (Å²) in [6.07, 6.45) is 10.0. The smallest absolute Gasteiger partial charge is 0.338 e. The maximum Gasteiger partial charge on any atom is 0.338 e. The molecule has 128 valence electrons. The summed E-state index contributed by atoms with van der Waals surface area (Å²) in [6.45, 7) is 2.37. The van der Waals surface area contributed by atoms with Crippen LogP contribution in [0.1, 0.15) is 74.2 Å². The Balaban J connectivity index is 1.46. The third kappa shape index (κ3) is 4.17. The summed E-state index contributed by atoms with van der Waals surface area (Å²) in [5.41, 5.74) is 1.10. The molecular formula is C21H27NO2. The minimum atomic E-state index is -0.255. The third-order valence-corrected chi connectivity index (χ3v) is 5.97. The average Bonchev–Trinajstić information content (AvgIpc) is 2.63. The zero-order chi connectivity index (χ0) is 16.9. The molecule has 3 nitrogen and oxygen atoms in total. The van der Waals surface area contributed by atoms with Gasteiger partial charge in [0.15, 0.2) is 0 Å². The number of benzene rings is 1. The summed E-state index contributed by atoms with van der Waals surface area (Å²) in [4.78, 5) is 12.2. The number of hydrogen-bond donors (Lipinski definition) is 0. The van der Waals surface area contributed by atoms with E-state index in [1.54, 1.807) is 24.3 Å². The molecule has 0 unspecified atom stereocenters. The first-order valence-corrected chi connectivity index (χ1v) is 9.37. The van der Waals surface area contributed by atoms with Crippen LogP contribution in [0.2, 0.25) is 0 Å². The molecule has 0 N–H and O–H groups in total. The van der Waals surface area contributed by atoms with Gasteiger partial charge in [-0.2, -0.15) is 5.26 Å². The fraction of sp³-hybridized carbons (Fsp3) is 0.619. The largest absolute Gasteiger partial charge is 0.459 e. The maximum absolute atomic E-state index is 12.2. The van der Waals surface area contributed by atoms with Crippen molar-refractivity contribution in [3.63, 3.8) is 0 Å². The molecule has 0 aliphatic heterocycles. The van der Waals surface area contributed by atoms with E-state index in [0.717, 1.165) is 30.6 Å². The van der Waals surface area contributed by atoms with Crippen LogP contribution in [-0.4, -0.2) is 12.1 Å². The van der Waals surface area contributed by atoms with E-state index in [1.807, 2.05) is 0 Å². The van der Waals surface area contributed by atoms with Crippen molar-refractivity contribution in [2.45, 2.75) is 64.4 Å². The second-order valence-electron chi connectivity index (χ2n) is 7.65. The molecule has 1 aromatic rings. The number of esters is 1. The van der Waals surface area contributed by atoms with Crippen LogP contribution in [0.4, 0.5) is 0 Å². The predicted octanol–water partition coefficient (Wildman–Crippen LogP) is 5.10. The van der Waals surface area contributed by atoms with Crippen LogP contribution in [0.15, 0.2) is 24.3 Å². The molecule has 2 aliphatic rings. The number of ether oxygens (including phenoxy) is 1. The summed E-state index contributed by atoms with van der Waals surface area (Å²) in [7, 11) is 0. The maximum atomic E-state index is 12.2. The molecule has 3 rings (SSSR count). The highest BCUT2D eigenvalue weighted by Gasteiger charge is 2.31. The molecule has 1 aromatic carbocycles. The molecule has 0 radical (unpaired) electrons. The molecular weight excluding hydrogens is 298 g/mol. The number of carbonyl (C=O) groups is 1. The van der Waals surface area contributed by atoms with Crippen LogP contribution in [0.5, 0.6) is 0 Å². The van der Waals surface area contributed by atoms with E-state index in [2.05, 4.69) is 13.0 Å². The van der Waals surface area contributed by atoms with Gasteiger partial charge < -0.3 is 4.74 Å². The minimum absolute atomic E-state index is 0.0620. The molecule has 2 aliphatic carbocycles. The van der Waals surface area contributed by atoms with Gasteiger partial charge in [-0.25, -0.2) is 4.79 Å². The topological polar surface area (TPSA) is 50.1 Å². The first-order chi connectivity index (χ1) is 11.7. The molecule has 0 spiro atoms. The van der Waals surface area contributed by atoms with Crippen molar-refractivity contribution in [2.75, 3.05) is 0 Å². The molecule has 24 heavy (non-hydrogen) atoms. The van der Waals surface area contributed by atoms with E-state index in [9.17, 15) is 4.79 Å². The zero-order valence-corrected chi connectivity index (χ0v) is 14.5. The predicted molar refractivity (Wildman–Crippen MR) is 93.4 cm³/mol. The normalized spacial score (nSPS) is 30.3. The Morgan fingerprint density at radius 3 is 2.04 bits per heavy atom. The van der Waals surface area contributed by atoms with Crippen molar-refractivity contribution in [2.24, 2.45) is 17.8 Å². The highest BCUT2D eigenvalue weighted by atomic mass is 16.5. The van der Waals surface area contributed by atoms with Gasteiger partial charge in [0.25, 0.3) is 0 Å². The lowest BCUT2D eigenvalue weighted by atomic mass is 9.71. The Kier molecular flexibility index (Phi) is 5.56. The van der Waals surface area contributed by atoms with Gasteiger partial charge in [-0.15, -0.1) is 0 Å². The Morgan fingerprint density at radius 1 is 0.958 bits per heavy atom. The minimum Gasteiger partial charge on any atom is -0.459 e. The van der Waals surface area contributed by atoms with Gasteiger partial charge >= 0.3 is 5.97 Å². The fourth-order valence-electron chi connectivity index (χ4n) is 4.34. The van der Waals surface area contributed by atoms with Crippen molar-refractivity contribution < 1.29 is 9.53 Å². The van der Waals surface area contributed by atoms with Gasteiger partial charge in [0.1, 0.15) is 6.10 Å². The summed E-state index contributed by atoms with van der Waals surface area (Å²) in [6, 6.07) is 8.74. The summed E-state index contributed by atoms with van der Waals surface area (Å²) >= 11 is 0. The first-order valence-electron chi connectivity index (χ1n) is 9.37. The van der Waals surface area contributed by atoms with E-state index < -0.39 is 0 Å². The van der Waals surface area contributed by atoms with Gasteiger partial charge in [-0.3, -0.25) is 0 Å². The average molecular weight is 325 g/mol. The fourth-order valence-corrected chi connectivity index (χ4v) is 4.34. The Hall–Kier alpha value is -1.82. The molecule has 3 heteroatoms. The lowest BCUT2D eigenvalue weighted by molar-refractivity contribution is 0.0111. The highest BCUT2D eigenvalue weighted by molar-refractivity contribution is 5.89. The molecule has 2 saturated carbocycles. The second kappa shape index (κ2) is 7.83. The van der Waals surface area contributed by atoms with E-state index in [0.29, 0.717) is 11.1 Å². The van der Waals surface area contributed by atoms with Crippen LogP contribution in [-0.2, 0) is 4.74 Å². The summed E-state index contributed by atoms with van der Waals surface area (Å²) in [5.74, 6) is 2.39. The lowest BCUT2D eigenvalue weighted by Gasteiger charge is -2.37. The molecule has 0 atom stereocenters. The number of nitriles is 1. The van der Waals surface area contributed by atoms with Gasteiger partial charge in [0.2, 0.25) is 0 Å².